The maximum absolute atomic E-state index is 10.7. The van der Waals surface area contributed by atoms with Gasteiger partial charge in [-0.15, -0.1) is 0 Å². The molecule has 0 aliphatic heterocycles. The first-order valence-electron chi connectivity index (χ1n) is 3.66. The largest absolute Gasteiger partial charge is 0.464 e. The summed E-state index contributed by atoms with van der Waals surface area (Å²) < 4.78 is 4.48. The molecule has 11 heavy (non-hydrogen) atoms. The highest BCUT2D eigenvalue weighted by Crippen LogP contribution is 1.99. The van der Waals surface area contributed by atoms with E-state index in [-0.39, 0.29) is 6.61 Å². The second-order valence-electron chi connectivity index (χ2n) is 2.17. The summed E-state index contributed by atoms with van der Waals surface area (Å²) in [5, 5.41) is 18.0. The van der Waals surface area contributed by atoms with Gasteiger partial charge in [-0.3, -0.25) is 0 Å². The minimum Gasteiger partial charge on any atom is -0.464 e. The molecule has 0 saturated heterocycles. The SMILES string of the molecule is CCOC(=O)C(O)C(O)CC. The minimum absolute atomic E-state index is 0.215. The molecule has 0 aliphatic carbocycles. The average Bonchev–Trinajstić information content (AvgIpc) is 2.02. The number of hydrogen-bond acceptors (Lipinski definition) is 4. The van der Waals surface area contributed by atoms with Crippen LogP contribution in [-0.2, 0) is 9.53 Å². The highest BCUT2D eigenvalue weighted by Gasteiger charge is 2.23. The molecule has 0 amide bonds. The van der Waals surface area contributed by atoms with E-state index in [0.29, 0.717) is 6.42 Å². The van der Waals surface area contributed by atoms with Crippen LogP contribution in [0.4, 0.5) is 0 Å². The van der Waals surface area contributed by atoms with E-state index in [1.807, 2.05) is 0 Å². The van der Waals surface area contributed by atoms with Gasteiger partial charge in [-0.25, -0.2) is 4.79 Å². The highest BCUT2D eigenvalue weighted by molar-refractivity contribution is 5.74. The Labute approximate surface area is 65.8 Å². The van der Waals surface area contributed by atoms with Crippen LogP contribution in [0.5, 0.6) is 0 Å². The lowest BCUT2D eigenvalue weighted by molar-refractivity contribution is -0.159. The lowest BCUT2D eigenvalue weighted by atomic mass is 10.1. The smallest absolute Gasteiger partial charge is 0.337 e. The van der Waals surface area contributed by atoms with E-state index in [2.05, 4.69) is 4.74 Å². The fourth-order valence-corrected chi connectivity index (χ4v) is 0.608. The molecule has 4 nitrogen and oxygen atoms in total. The molecule has 0 saturated carbocycles. The number of hydrogen-bond donors (Lipinski definition) is 2. The molecule has 0 heterocycles. The third kappa shape index (κ3) is 3.34. The number of esters is 1. The number of aliphatic hydroxyl groups excluding tert-OH is 2. The molecular formula is C7H14O4. The van der Waals surface area contributed by atoms with Gasteiger partial charge in [-0.1, -0.05) is 6.92 Å². The fourth-order valence-electron chi connectivity index (χ4n) is 0.608. The first kappa shape index (κ1) is 10.4. The zero-order valence-corrected chi connectivity index (χ0v) is 6.78. The van der Waals surface area contributed by atoms with Crippen LogP contribution in [0, 0.1) is 0 Å². The molecule has 2 atom stereocenters. The lowest BCUT2D eigenvalue weighted by Gasteiger charge is -2.13. The van der Waals surface area contributed by atoms with Crippen LogP contribution in [-0.4, -0.2) is 35.0 Å². The van der Waals surface area contributed by atoms with Gasteiger partial charge in [0.25, 0.3) is 0 Å². The van der Waals surface area contributed by atoms with Crippen LogP contribution in [0.15, 0.2) is 0 Å². The van der Waals surface area contributed by atoms with Gasteiger partial charge >= 0.3 is 5.97 Å². The Morgan fingerprint density at radius 2 is 2.00 bits per heavy atom. The first-order valence-corrected chi connectivity index (χ1v) is 3.66. The Morgan fingerprint density at radius 3 is 2.36 bits per heavy atom. The van der Waals surface area contributed by atoms with Crippen molar-refractivity contribution in [1.82, 2.24) is 0 Å². The van der Waals surface area contributed by atoms with E-state index in [0.717, 1.165) is 0 Å². The number of rotatable bonds is 4. The zero-order valence-electron chi connectivity index (χ0n) is 6.78. The third-order valence-corrected chi connectivity index (χ3v) is 1.31. The van der Waals surface area contributed by atoms with Crippen LogP contribution >= 0.6 is 0 Å². The summed E-state index contributed by atoms with van der Waals surface area (Å²) >= 11 is 0. The van der Waals surface area contributed by atoms with Crippen LogP contribution in [0.3, 0.4) is 0 Å². The Hall–Kier alpha value is -0.610. The molecule has 0 rings (SSSR count). The summed E-state index contributed by atoms with van der Waals surface area (Å²) in [6.45, 7) is 3.53. The number of carbonyl (C=O) groups is 1. The topological polar surface area (TPSA) is 66.8 Å². The maximum Gasteiger partial charge on any atom is 0.337 e. The van der Waals surface area contributed by atoms with Crippen molar-refractivity contribution in [3.8, 4) is 0 Å². The quantitative estimate of drug-likeness (QED) is 0.556. The maximum atomic E-state index is 10.7. The first-order chi connectivity index (χ1) is 5.13. The summed E-state index contributed by atoms with van der Waals surface area (Å²) in [5.74, 6) is -0.762. The normalized spacial score (nSPS) is 15.6. The molecule has 2 N–H and O–H groups in total. The third-order valence-electron chi connectivity index (χ3n) is 1.31. The summed E-state index contributed by atoms with van der Waals surface area (Å²) in [5.41, 5.74) is 0. The summed E-state index contributed by atoms with van der Waals surface area (Å²) in [4.78, 5) is 10.7. The second kappa shape index (κ2) is 5.09. The Morgan fingerprint density at radius 1 is 1.45 bits per heavy atom. The molecule has 0 aromatic carbocycles. The van der Waals surface area contributed by atoms with Crippen molar-refractivity contribution in [2.75, 3.05) is 6.61 Å². The van der Waals surface area contributed by atoms with Crippen molar-refractivity contribution in [2.45, 2.75) is 32.5 Å². The van der Waals surface area contributed by atoms with Crippen molar-refractivity contribution in [1.29, 1.82) is 0 Å². The highest BCUT2D eigenvalue weighted by atomic mass is 16.5. The predicted molar refractivity (Wildman–Crippen MR) is 38.9 cm³/mol. The second-order valence-corrected chi connectivity index (χ2v) is 2.17. The van der Waals surface area contributed by atoms with Gasteiger partial charge < -0.3 is 14.9 Å². The van der Waals surface area contributed by atoms with Crippen LogP contribution in [0.2, 0.25) is 0 Å². The van der Waals surface area contributed by atoms with Gasteiger partial charge in [0.2, 0.25) is 0 Å². The van der Waals surface area contributed by atoms with Crippen LogP contribution in [0.25, 0.3) is 0 Å². The Bertz CT molecular complexity index is 124. The number of aliphatic hydroxyl groups is 2. The summed E-state index contributed by atoms with van der Waals surface area (Å²) in [6, 6.07) is 0. The standard InChI is InChI=1S/C7H14O4/c1-3-5(8)6(9)7(10)11-4-2/h5-6,8-9H,3-4H2,1-2H3. The predicted octanol–water partition coefficient (Wildman–Crippen LogP) is -0.319. The molecule has 66 valence electrons. The molecule has 0 aromatic heterocycles. The van der Waals surface area contributed by atoms with E-state index in [4.69, 9.17) is 10.2 Å². The van der Waals surface area contributed by atoms with E-state index < -0.39 is 18.2 Å². The summed E-state index contributed by atoms with van der Waals surface area (Å²) in [6.07, 6.45) is -2.09. The van der Waals surface area contributed by atoms with Crippen LogP contribution in [0.1, 0.15) is 20.3 Å². The number of carbonyl (C=O) groups excluding carboxylic acids is 1. The fraction of sp³-hybridized carbons (Fsp3) is 0.857. The lowest BCUT2D eigenvalue weighted by Crippen LogP contribution is -2.34. The average molecular weight is 162 g/mol. The summed E-state index contributed by atoms with van der Waals surface area (Å²) in [7, 11) is 0. The van der Waals surface area contributed by atoms with Gasteiger partial charge in [0.05, 0.1) is 12.7 Å². The molecule has 0 spiro atoms. The van der Waals surface area contributed by atoms with Crippen molar-refractivity contribution >= 4 is 5.97 Å². The molecular weight excluding hydrogens is 148 g/mol. The molecule has 0 aromatic rings. The van der Waals surface area contributed by atoms with Gasteiger partial charge in [0.1, 0.15) is 0 Å². The minimum atomic E-state index is -1.40. The van der Waals surface area contributed by atoms with Crippen molar-refractivity contribution in [3.05, 3.63) is 0 Å². The van der Waals surface area contributed by atoms with Gasteiger partial charge in [0.15, 0.2) is 6.10 Å². The number of ether oxygens (including phenoxy) is 1. The van der Waals surface area contributed by atoms with Crippen molar-refractivity contribution in [3.63, 3.8) is 0 Å². The molecule has 0 radical (unpaired) electrons. The Kier molecular flexibility index (Phi) is 4.81. The zero-order chi connectivity index (χ0) is 8.85. The van der Waals surface area contributed by atoms with Crippen LogP contribution < -0.4 is 0 Å². The van der Waals surface area contributed by atoms with E-state index in [1.54, 1.807) is 13.8 Å². The van der Waals surface area contributed by atoms with Crippen molar-refractivity contribution < 1.29 is 19.7 Å². The monoisotopic (exact) mass is 162 g/mol. The molecule has 0 fully saturated rings. The molecule has 0 bridgehead atoms. The van der Waals surface area contributed by atoms with Gasteiger partial charge in [0, 0.05) is 0 Å². The van der Waals surface area contributed by atoms with Gasteiger partial charge in [-0.05, 0) is 13.3 Å². The van der Waals surface area contributed by atoms with E-state index in [1.165, 1.54) is 0 Å². The Balaban J connectivity index is 3.80. The molecule has 0 aliphatic rings. The molecule has 4 heteroatoms. The van der Waals surface area contributed by atoms with E-state index >= 15 is 0 Å². The van der Waals surface area contributed by atoms with Gasteiger partial charge in [-0.2, -0.15) is 0 Å². The van der Waals surface area contributed by atoms with Crippen molar-refractivity contribution in [2.24, 2.45) is 0 Å². The van der Waals surface area contributed by atoms with E-state index in [9.17, 15) is 4.79 Å². The molecule has 2 unspecified atom stereocenters.